The van der Waals surface area contributed by atoms with E-state index in [0.717, 1.165) is 11.4 Å². The number of rotatable bonds is 6. The molecule has 0 aliphatic rings. The van der Waals surface area contributed by atoms with Gasteiger partial charge in [0.15, 0.2) is 0 Å². The van der Waals surface area contributed by atoms with Crippen LogP contribution in [-0.4, -0.2) is 23.2 Å². The molecule has 1 N–H and O–H groups in total. The van der Waals surface area contributed by atoms with Crippen LogP contribution in [0.5, 0.6) is 5.75 Å². The topological polar surface area (TPSA) is 63.6 Å². The number of hydrazone groups is 1. The monoisotopic (exact) mass is 297 g/mol. The van der Waals surface area contributed by atoms with Gasteiger partial charge in [-0.1, -0.05) is 25.1 Å². The highest BCUT2D eigenvalue weighted by Gasteiger charge is 2.11. The van der Waals surface area contributed by atoms with E-state index in [4.69, 9.17) is 4.74 Å². The highest BCUT2D eigenvalue weighted by atomic mass is 16.5. The molecule has 0 aliphatic carbocycles. The molecular weight excluding hydrogens is 278 g/mol. The van der Waals surface area contributed by atoms with Crippen molar-refractivity contribution >= 4 is 11.6 Å². The molecule has 2 rings (SSSR count). The molecule has 0 spiro atoms. The van der Waals surface area contributed by atoms with Gasteiger partial charge in [0.05, 0.1) is 23.6 Å². The van der Waals surface area contributed by atoms with Gasteiger partial charge in [-0.05, 0) is 37.6 Å². The number of ether oxygens (including phenoxy) is 1. The lowest BCUT2D eigenvalue weighted by atomic mass is 10.2. The van der Waals surface area contributed by atoms with Crippen LogP contribution in [0.25, 0.3) is 0 Å². The van der Waals surface area contributed by atoms with Crippen molar-refractivity contribution in [2.45, 2.75) is 20.3 Å². The van der Waals surface area contributed by atoms with E-state index in [1.165, 1.54) is 0 Å². The fraction of sp³-hybridized carbons (Fsp3) is 0.235. The third-order valence-corrected chi connectivity index (χ3v) is 3.02. The Morgan fingerprint density at radius 2 is 1.95 bits per heavy atom. The highest BCUT2D eigenvalue weighted by molar-refractivity contribution is 6.01. The molecule has 5 nitrogen and oxygen atoms in total. The molecule has 0 radical (unpaired) electrons. The largest absolute Gasteiger partial charge is 0.493 e. The van der Waals surface area contributed by atoms with Crippen molar-refractivity contribution < 1.29 is 9.53 Å². The lowest BCUT2D eigenvalue weighted by Gasteiger charge is -2.09. The second kappa shape index (κ2) is 7.93. The average molecular weight is 297 g/mol. The summed E-state index contributed by atoms with van der Waals surface area (Å²) in [5.74, 6) is 0.250. The molecule has 1 heterocycles. The normalized spacial score (nSPS) is 11.1. The zero-order valence-electron chi connectivity index (χ0n) is 12.7. The number of pyridine rings is 1. The van der Waals surface area contributed by atoms with Gasteiger partial charge in [-0.15, -0.1) is 0 Å². The Balaban J connectivity index is 2.16. The molecule has 1 amide bonds. The van der Waals surface area contributed by atoms with E-state index in [1.54, 1.807) is 24.4 Å². The summed E-state index contributed by atoms with van der Waals surface area (Å²) in [4.78, 5) is 16.5. The zero-order chi connectivity index (χ0) is 15.8. The van der Waals surface area contributed by atoms with E-state index < -0.39 is 0 Å². The zero-order valence-corrected chi connectivity index (χ0v) is 12.7. The molecule has 0 unspecified atom stereocenters. The van der Waals surface area contributed by atoms with Gasteiger partial charge in [0.1, 0.15) is 5.75 Å². The number of aromatic nitrogens is 1. The van der Waals surface area contributed by atoms with E-state index in [0.29, 0.717) is 24.3 Å². The second-order valence-corrected chi connectivity index (χ2v) is 4.50. The second-order valence-electron chi connectivity index (χ2n) is 4.50. The Hall–Kier alpha value is -2.69. The number of hydrogen-bond acceptors (Lipinski definition) is 4. The number of para-hydroxylation sites is 1. The van der Waals surface area contributed by atoms with Crippen LogP contribution in [0.3, 0.4) is 0 Å². The predicted octanol–water partition coefficient (Wildman–Crippen LogP) is 3.02. The van der Waals surface area contributed by atoms with Crippen LogP contribution in [0, 0.1) is 0 Å². The minimum absolute atomic E-state index is 0.300. The summed E-state index contributed by atoms with van der Waals surface area (Å²) in [5.41, 5.74) is 4.52. The van der Waals surface area contributed by atoms with Gasteiger partial charge < -0.3 is 4.74 Å². The van der Waals surface area contributed by atoms with Crippen molar-refractivity contribution in [2.24, 2.45) is 5.10 Å². The van der Waals surface area contributed by atoms with E-state index in [9.17, 15) is 4.79 Å². The van der Waals surface area contributed by atoms with Crippen LogP contribution in [0.15, 0.2) is 53.8 Å². The Morgan fingerprint density at radius 3 is 2.64 bits per heavy atom. The van der Waals surface area contributed by atoms with Gasteiger partial charge >= 0.3 is 0 Å². The maximum atomic E-state index is 12.3. The van der Waals surface area contributed by atoms with Crippen molar-refractivity contribution in [3.63, 3.8) is 0 Å². The van der Waals surface area contributed by atoms with E-state index >= 15 is 0 Å². The van der Waals surface area contributed by atoms with Crippen LogP contribution in [0.2, 0.25) is 0 Å². The first kappa shape index (κ1) is 15.7. The summed E-state index contributed by atoms with van der Waals surface area (Å²) in [6.45, 7) is 4.35. The molecule has 1 aromatic carbocycles. The lowest BCUT2D eigenvalue weighted by Crippen LogP contribution is -2.21. The van der Waals surface area contributed by atoms with Crippen molar-refractivity contribution in [1.29, 1.82) is 0 Å². The molecule has 0 aliphatic heterocycles. The first-order valence-corrected chi connectivity index (χ1v) is 7.26. The summed E-state index contributed by atoms with van der Waals surface area (Å²) in [6.07, 6.45) is 2.37. The SMILES string of the molecule is CCOc1ccccc1C(=O)NN=C(CC)c1ccccn1. The van der Waals surface area contributed by atoms with E-state index in [2.05, 4.69) is 15.5 Å². The number of carbonyl (C=O) groups excluding carboxylic acids is 1. The van der Waals surface area contributed by atoms with Crippen LogP contribution in [0.1, 0.15) is 36.3 Å². The van der Waals surface area contributed by atoms with Crippen LogP contribution in [0.4, 0.5) is 0 Å². The van der Waals surface area contributed by atoms with Crippen molar-refractivity contribution in [3.8, 4) is 5.75 Å². The summed E-state index contributed by atoms with van der Waals surface area (Å²) in [7, 11) is 0. The van der Waals surface area contributed by atoms with Crippen LogP contribution in [-0.2, 0) is 0 Å². The van der Waals surface area contributed by atoms with Gasteiger partial charge in [0.25, 0.3) is 5.91 Å². The van der Waals surface area contributed by atoms with E-state index in [1.807, 2.05) is 38.1 Å². The number of nitrogens with zero attached hydrogens (tertiary/aromatic N) is 2. The number of hydrogen-bond donors (Lipinski definition) is 1. The lowest BCUT2D eigenvalue weighted by molar-refractivity contribution is 0.0951. The molecule has 114 valence electrons. The molecular formula is C17H19N3O2. The summed E-state index contributed by atoms with van der Waals surface area (Å²) in [5, 5.41) is 4.19. The Bertz CT molecular complexity index is 654. The standard InChI is InChI=1S/C17H19N3O2/c1-3-14(15-10-7-8-12-18-15)19-20-17(21)13-9-5-6-11-16(13)22-4-2/h5-12H,3-4H2,1-2H3,(H,20,21). The molecule has 0 atom stereocenters. The highest BCUT2D eigenvalue weighted by Crippen LogP contribution is 2.17. The smallest absolute Gasteiger partial charge is 0.275 e. The predicted molar refractivity (Wildman–Crippen MR) is 86.1 cm³/mol. The van der Waals surface area contributed by atoms with Gasteiger partial charge in [-0.25, -0.2) is 5.43 Å². The molecule has 0 saturated heterocycles. The quantitative estimate of drug-likeness (QED) is 0.658. The van der Waals surface area contributed by atoms with Crippen molar-refractivity contribution in [3.05, 3.63) is 59.9 Å². The molecule has 22 heavy (non-hydrogen) atoms. The van der Waals surface area contributed by atoms with E-state index in [-0.39, 0.29) is 5.91 Å². The Kier molecular flexibility index (Phi) is 5.65. The fourth-order valence-electron chi connectivity index (χ4n) is 1.96. The third kappa shape index (κ3) is 3.91. The minimum atomic E-state index is -0.300. The number of amides is 1. The fourth-order valence-corrected chi connectivity index (χ4v) is 1.96. The maximum absolute atomic E-state index is 12.3. The van der Waals surface area contributed by atoms with Gasteiger partial charge in [0.2, 0.25) is 0 Å². The van der Waals surface area contributed by atoms with Crippen molar-refractivity contribution in [2.75, 3.05) is 6.61 Å². The van der Waals surface area contributed by atoms with Gasteiger partial charge in [0, 0.05) is 6.20 Å². The maximum Gasteiger partial charge on any atom is 0.275 e. The summed E-state index contributed by atoms with van der Waals surface area (Å²) >= 11 is 0. The molecule has 5 heteroatoms. The average Bonchev–Trinajstić information content (AvgIpc) is 2.57. The summed E-state index contributed by atoms with van der Waals surface area (Å²) in [6, 6.07) is 12.7. The van der Waals surface area contributed by atoms with Gasteiger partial charge in [-0.3, -0.25) is 9.78 Å². The third-order valence-electron chi connectivity index (χ3n) is 3.02. The molecule has 0 fully saturated rings. The Morgan fingerprint density at radius 1 is 1.18 bits per heavy atom. The Labute approximate surface area is 130 Å². The minimum Gasteiger partial charge on any atom is -0.493 e. The molecule has 1 aromatic heterocycles. The van der Waals surface area contributed by atoms with Crippen LogP contribution < -0.4 is 10.2 Å². The number of carbonyl (C=O) groups is 1. The number of benzene rings is 1. The summed E-state index contributed by atoms with van der Waals surface area (Å²) < 4.78 is 5.45. The first-order valence-electron chi connectivity index (χ1n) is 7.26. The molecule has 0 saturated carbocycles. The molecule has 0 bridgehead atoms. The molecule has 2 aromatic rings. The first-order chi connectivity index (χ1) is 10.8. The van der Waals surface area contributed by atoms with Gasteiger partial charge in [-0.2, -0.15) is 5.10 Å². The van der Waals surface area contributed by atoms with Crippen molar-refractivity contribution in [1.82, 2.24) is 10.4 Å². The van der Waals surface area contributed by atoms with Crippen LogP contribution >= 0.6 is 0 Å². The number of nitrogens with one attached hydrogen (secondary N) is 1.